The van der Waals surface area contributed by atoms with Gasteiger partial charge in [0, 0.05) is 48.7 Å². The Kier molecular flexibility index (Phi) is 9.22. The maximum absolute atomic E-state index is 13.6. The molecular weight excluding hydrogens is 498 g/mol. The van der Waals surface area contributed by atoms with Crippen LogP contribution in [0.15, 0.2) is 48.7 Å². The molecule has 2 fully saturated rings. The van der Waals surface area contributed by atoms with Gasteiger partial charge in [0.1, 0.15) is 6.04 Å². The summed E-state index contributed by atoms with van der Waals surface area (Å²) in [5.41, 5.74) is 5.55. The zero-order chi connectivity index (χ0) is 28.1. The number of carbonyl (C=O) groups excluding carboxylic acids is 2. The van der Waals surface area contributed by atoms with Crippen molar-refractivity contribution in [2.75, 3.05) is 32.7 Å². The predicted octanol–water partition coefficient (Wildman–Crippen LogP) is 4.64. The maximum Gasteiger partial charge on any atom is 0.243 e. The lowest BCUT2D eigenvalue weighted by molar-refractivity contribution is -0.130. The number of amides is 2. The molecule has 2 aliphatic rings. The van der Waals surface area contributed by atoms with Crippen LogP contribution in [0.2, 0.25) is 0 Å². The van der Waals surface area contributed by atoms with Gasteiger partial charge in [-0.2, -0.15) is 0 Å². The number of likely N-dealkylation sites (tertiary alicyclic amines) is 2. The molecule has 2 amide bonds. The highest BCUT2D eigenvalue weighted by atomic mass is 16.2. The Morgan fingerprint density at radius 1 is 0.975 bits per heavy atom. The normalized spacial score (nSPS) is 18.9. The van der Waals surface area contributed by atoms with Gasteiger partial charge < -0.3 is 20.5 Å². The van der Waals surface area contributed by atoms with E-state index >= 15 is 0 Å². The number of fused-ring (bicyclic) bond motifs is 1. The van der Waals surface area contributed by atoms with Gasteiger partial charge in [0.15, 0.2) is 0 Å². The second kappa shape index (κ2) is 13.0. The van der Waals surface area contributed by atoms with Gasteiger partial charge in [0.2, 0.25) is 11.8 Å². The first-order valence-electron chi connectivity index (χ1n) is 15.0. The quantitative estimate of drug-likeness (QED) is 0.367. The Morgan fingerprint density at radius 2 is 1.73 bits per heavy atom. The monoisotopic (exact) mass is 543 g/mol. The summed E-state index contributed by atoms with van der Waals surface area (Å²) in [6.45, 7) is 11.2. The topological polar surface area (TPSA) is 80.5 Å². The van der Waals surface area contributed by atoms with Crippen molar-refractivity contribution in [3.63, 3.8) is 0 Å². The summed E-state index contributed by atoms with van der Waals surface area (Å²) < 4.78 is 0. The largest absolute Gasteiger partial charge is 0.361 e. The SMILES string of the molecule is Cc1ccc(CNC(=O)C(NC(=O)CN2CCC(N3CCCCC3)CC2)C(C)c2c[nH]c3ccccc23)cc1C. The van der Waals surface area contributed by atoms with Crippen LogP contribution in [0, 0.1) is 13.8 Å². The van der Waals surface area contributed by atoms with Gasteiger partial charge in [-0.3, -0.25) is 14.5 Å². The number of rotatable bonds is 9. The lowest BCUT2D eigenvalue weighted by Gasteiger charge is -2.40. The highest BCUT2D eigenvalue weighted by Crippen LogP contribution is 2.28. The molecule has 2 atom stereocenters. The van der Waals surface area contributed by atoms with Gasteiger partial charge >= 0.3 is 0 Å². The number of nitrogens with zero attached hydrogens (tertiary/aromatic N) is 2. The minimum Gasteiger partial charge on any atom is -0.361 e. The summed E-state index contributed by atoms with van der Waals surface area (Å²) in [6.07, 6.45) is 8.16. The van der Waals surface area contributed by atoms with Crippen LogP contribution in [-0.2, 0) is 16.1 Å². The zero-order valence-electron chi connectivity index (χ0n) is 24.3. The average Bonchev–Trinajstić information content (AvgIpc) is 3.41. The molecule has 2 unspecified atom stereocenters. The van der Waals surface area contributed by atoms with E-state index in [1.165, 1.54) is 43.5 Å². The number of aryl methyl sites for hydroxylation is 2. The van der Waals surface area contributed by atoms with Crippen LogP contribution in [0.1, 0.15) is 67.2 Å². The third-order valence-electron chi connectivity index (χ3n) is 9.08. The van der Waals surface area contributed by atoms with Crippen molar-refractivity contribution in [3.05, 3.63) is 70.9 Å². The number of nitrogens with one attached hydrogen (secondary N) is 3. The second-order valence-corrected chi connectivity index (χ2v) is 11.9. The zero-order valence-corrected chi connectivity index (χ0v) is 24.3. The summed E-state index contributed by atoms with van der Waals surface area (Å²) in [5, 5.41) is 7.32. The van der Waals surface area contributed by atoms with E-state index in [-0.39, 0.29) is 17.7 Å². The lowest BCUT2D eigenvalue weighted by atomic mass is 9.92. The summed E-state index contributed by atoms with van der Waals surface area (Å²) >= 11 is 0. The Hall–Kier alpha value is -3.16. The van der Waals surface area contributed by atoms with E-state index in [0.29, 0.717) is 19.1 Å². The van der Waals surface area contributed by atoms with Crippen LogP contribution in [0.4, 0.5) is 0 Å². The Balaban J connectivity index is 1.24. The first-order valence-corrected chi connectivity index (χ1v) is 15.0. The maximum atomic E-state index is 13.6. The first-order chi connectivity index (χ1) is 19.4. The molecule has 3 N–H and O–H groups in total. The van der Waals surface area contributed by atoms with Crippen molar-refractivity contribution in [2.24, 2.45) is 0 Å². The fraction of sp³-hybridized carbons (Fsp3) is 0.515. The molecule has 3 aromatic rings. The highest BCUT2D eigenvalue weighted by molar-refractivity contribution is 5.91. The van der Waals surface area contributed by atoms with Crippen LogP contribution in [0.25, 0.3) is 10.9 Å². The highest BCUT2D eigenvalue weighted by Gasteiger charge is 2.31. The molecule has 0 spiro atoms. The van der Waals surface area contributed by atoms with Gasteiger partial charge in [-0.1, -0.05) is 49.7 Å². The molecule has 2 aliphatic heterocycles. The number of benzene rings is 2. The van der Waals surface area contributed by atoms with Gasteiger partial charge in [0.05, 0.1) is 6.54 Å². The molecule has 0 bridgehead atoms. The first kappa shape index (κ1) is 28.4. The van der Waals surface area contributed by atoms with E-state index in [0.717, 1.165) is 48.0 Å². The van der Waals surface area contributed by atoms with Crippen LogP contribution in [-0.4, -0.2) is 71.4 Å². The number of hydrogen-bond donors (Lipinski definition) is 3. The predicted molar refractivity (Wildman–Crippen MR) is 161 cm³/mol. The van der Waals surface area contributed by atoms with E-state index in [1.807, 2.05) is 37.4 Å². The molecule has 0 radical (unpaired) electrons. The van der Waals surface area contributed by atoms with Crippen molar-refractivity contribution in [2.45, 2.75) is 77.4 Å². The molecule has 7 nitrogen and oxygen atoms in total. The summed E-state index contributed by atoms with van der Waals surface area (Å²) in [4.78, 5) is 35.2. The molecule has 2 aromatic carbocycles. The minimum absolute atomic E-state index is 0.0885. The molecule has 7 heteroatoms. The van der Waals surface area contributed by atoms with E-state index in [2.05, 4.69) is 57.5 Å². The number of hydrogen-bond acceptors (Lipinski definition) is 4. The van der Waals surface area contributed by atoms with Crippen LogP contribution >= 0.6 is 0 Å². The summed E-state index contributed by atoms with van der Waals surface area (Å²) in [6, 6.07) is 14.3. The van der Waals surface area contributed by atoms with Gasteiger partial charge in [-0.05, 0) is 80.9 Å². The second-order valence-electron chi connectivity index (χ2n) is 11.9. The number of carbonyl (C=O) groups is 2. The standard InChI is InChI=1S/C33H45N5O2/c1-23-11-12-26(19-24(23)2)20-35-33(40)32(25(3)29-21-34-30-10-6-5-9-28(29)30)36-31(39)22-37-17-13-27(14-18-37)38-15-7-4-8-16-38/h5-6,9-12,19,21,25,27,32,34H,4,7-8,13-18,20,22H2,1-3H3,(H,35,40)(H,36,39). The van der Waals surface area contributed by atoms with Crippen molar-refractivity contribution in [3.8, 4) is 0 Å². The van der Waals surface area contributed by atoms with Gasteiger partial charge in [0.25, 0.3) is 0 Å². The summed E-state index contributed by atoms with van der Waals surface area (Å²) in [5.74, 6) is -0.452. The van der Waals surface area contributed by atoms with Crippen molar-refractivity contribution >= 4 is 22.7 Å². The van der Waals surface area contributed by atoms with Gasteiger partial charge in [-0.25, -0.2) is 0 Å². The van der Waals surface area contributed by atoms with E-state index < -0.39 is 6.04 Å². The van der Waals surface area contributed by atoms with Crippen molar-refractivity contribution < 1.29 is 9.59 Å². The number of aromatic amines is 1. The Bertz CT molecular complexity index is 1300. The number of H-pyrrole nitrogens is 1. The van der Waals surface area contributed by atoms with E-state index in [9.17, 15) is 9.59 Å². The Morgan fingerprint density at radius 3 is 2.48 bits per heavy atom. The molecule has 2 saturated heterocycles. The van der Waals surface area contributed by atoms with Gasteiger partial charge in [-0.15, -0.1) is 0 Å². The molecular formula is C33H45N5O2. The smallest absolute Gasteiger partial charge is 0.243 e. The number of piperidine rings is 2. The molecule has 3 heterocycles. The lowest BCUT2D eigenvalue weighted by Crippen LogP contribution is -2.53. The summed E-state index contributed by atoms with van der Waals surface area (Å²) in [7, 11) is 0. The number of aromatic nitrogens is 1. The third kappa shape index (κ3) is 6.76. The Labute approximate surface area is 238 Å². The molecule has 214 valence electrons. The average molecular weight is 544 g/mol. The van der Waals surface area contributed by atoms with Crippen molar-refractivity contribution in [1.82, 2.24) is 25.4 Å². The molecule has 0 aliphatic carbocycles. The van der Waals surface area contributed by atoms with Crippen LogP contribution in [0.5, 0.6) is 0 Å². The van der Waals surface area contributed by atoms with Crippen molar-refractivity contribution in [1.29, 1.82) is 0 Å². The molecule has 40 heavy (non-hydrogen) atoms. The van der Waals surface area contributed by atoms with E-state index in [1.54, 1.807) is 0 Å². The van der Waals surface area contributed by atoms with Crippen LogP contribution < -0.4 is 10.6 Å². The fourth-order valence-corrected chi connectivity index (χ4v) is 6.43. The molecule has 1 aromatic heterocycles. The fourth-order valence-electron chi connectivity index (χ4n) is 6.43. The number of para-hydroxylation sites is 1. The van der Waals surface area contributed by atoms with E-state index in [4.69, 9.17) is 0 Å². The third-order valence-corrected chi connectivity index (χ3v) is 9.08. The minimum atomic E-state index is -0.677. The molecule has 0 saturated carbocycles. The molecule has 5 rings (SSSR count). The van der Waals surface area contributed by atoms with Crippen LogP contribution in [0.3, 0.4) is 0 Å².